The van der Waals surface area contributed by atoms with Crippen LogP contribution < -0.4 is 10.6 Å². The Morgan fingerprint density at radius 1 is 1.26 bits per heavy atom. The van der Waals surface area contributed by atoms with E-state index in [1.807, 2.05) is 31.2 Å². The SMILES string of the molecule is CCCCNC(=O)C1(C)CCN1Cc1ccc(NC(C)=O)cc1. The number of carbonyl (C=O) groups is 2. The predicted octanol–water partition coefficient (Wildman–Crippen LogP) is 2.53. The van der Waals surface area contributed by atoms with Gasteiger partial charge in [-0.05, 0) is 37.5 Å². The normalized spacial score (nSPS) is 20.7. The molecular formula is C18H27N3O2. The molecule has 1 aliphatic rings. The van der Waals surface area contributed by atoms with Gasteiger partial charge in [0.05, 0.1) is 5.54 Å². The van der Waals surface area contributed by atoms with Gasteiger partial charge in [0.1, 0.15) is 0 Å². The van der Waals surface area contributed by atoms with E-state index in [1.165, 1.54) is 6.92 Å². The highest BCUT2D eigenvalue weighted by atomic mass is 16.2. The number of likely N-dealkylation sites (tertiary alicyclic amines) is 1. The maximum Gasteiger partial charge on any atom is 0.240 e. The summed E-state index contributed by atoms with van der Waals surface area (Å²) < 4.78 is 0. The second-order valence-electron chi connectivity index (χ2n) is 6.43. The van der Waals surface area contributed by atoms with Crippen molar-refractivity contribution in [2.75, 3.05) is 18.4 Å². The van der Waals surface area contributed by atoms with E-state index >= 15 is 0 Å². The number of nitrogens with zero attached hydrogens (tertiary/aromatic N) is 1. The van der Waals surface area contributed by atoms with Crippen LogP contribution in [0.25, 0.3) is 0 Å². The Morgan fingerprint density at radius 2 is 1.96 bits per heavy atom. The van der Waals surface area contributed by atoms with Gasteiger partial charge in [-0.2, -0.15) is 0 Å². The van der Waals surface area contributed by atoms with Crippen molar-refractivity contribution in [2.45, 2.75) is 52.1 Å². The summed E-state index contributed by atoms with van der Waals surface area (Å²) in [4.78, 5) is 25.6. The summed E-state index contributed by atoms with van der Waals surface area (Å²) in [6, 6.07) is 7.79. The fourth-order valence-corrected chi connectivity index (χ4v) is 2.80. The number of rotatable bonds is 7. The third kappa shape index (κ3) is 4.32. The molecule has 126 valence electrons. The van der Waals surface area contributed by atoms with Crippen molar-refractivity contribution in [1.29, 1.82) is 0 Å². The summed E-state index contributed by atoms with van der Waals surface area (Å²) >= 11 is 0. The van der Waals surface area contributed by atoms with Gasteiger partial charge in [-0.15, -0.1) is 0 Å². The number of benzene rings is 1. The Kier molecular flexibility index (Phi) is 5.77. The van der Waals surface area contributed by atoms with Crippen molar-refractivity contribution in [3.63, 3.8) is 0 Å². The molecule has 1 unspecified atom stereocenters. The van der Waals surface area contributed by atoms with Crippen molar-refractivity contribution in [3.8, 4) is 0 Å². The first-order chi connectivity index (χ1) is 11.0. The first-order valence-corrected chi connectivity index (χ1v) is 8.35. The van der Waals surface area contributed by atoms with E-state index in [-0.39, 0.29) is 11.8 Å². The Bertz CT molecular complexity index is 556. The lowest BCUT2D eigenvalue weighted by Gasteiger charge is -2.49. The highest BCUT2D eigenvalue weighted by Gasteiger charge is 2.46. The van der Waals surface area contributed by atoms with Crippen LogP contribution in [0.2, 0.25) is 0 Å². The molecule has 0 spiro atoms. The molecule has 0 aliphatic carbocycles. The second kappa shape index (κ2) is 7.59. The number of hydrogen-bond acceptors (Lipinski definition) is 3. The minimum Gasteiger partial charge on any atom is -0.354 e. The van der Waals surface area contributed by atoms with Crippen LogP contribution in [0, 0.1) is 0 Å². The maximum absolute atomic E-state index is 12.4. The van der Waals surface area contributed by atoms with Crippen LogP contribution in [0.4, 0.5) is 5.69 Å². The fraction of sp³-hybridized carbons (Fsp3) is 0.556. The number of carbonyl (C=O) groups excluding carboxylic acids is 2. The molecule has 5 heteroatoms. The molecule has 1 aromatic rings. The maximum atomic E-state index is 12.4. The summed E-state index contributed by atoms with van der Waals surface area (Å²) in [7, 11) is 0. The molecule has 2 rings (SSSR count). The predicted molar refractivity (Wildman–Crippen MR) is 92.1 cm³/mol. The van der Waals surface area contributed by atoms with Crippen molar-refractivity contribution in [2.24, 2.45) is 0 Å². The number of nitrogens with one attached hydrogen (secondary N) is 2. The number of anilines is 1. The molecule has 0 bridgehead atoms. The largest absolute Gasteiger partial charge is 0.354 e. The first kappa shape index (κ1) is 17.5. The van der Waals surface area contributed by atoms with E-state index in [0.29, 0.717) is 0 Å². The molecule has 2 amide bonds. The minimum atomic E-state index is -0.399. The standard InChI is InChI=1S/C18H27N3O2/c1-4-5-11-19-17(23)18(3)10-12-21(18)13-15-6-8-16(9-7-15)20-14(2)22/h6-9H,4-5,10-13H2,1-3H3,(H,19,23)(H,20,22). The molecule has 1 fully saturated rings. The molecule has 1 aromatic carbocycles. The fourth-order valence-electron chi connectivity index (χ4n) is 2.80. The lowest BCUT2D eigenvalue weighted by atomic mass is 9.85. The topological polar surface area (TPSA) is 61.4 Å². The average Bonchev–Trinajstić information content (AvgIpc) is 2.52. The summed E-state index contributed by atoms with van der Waals surface area (Å²) in [6.07, 6.45) is 3.00. The molecule has 1 saturated heterocycles. The highest BCUT2D eigenvalue weighted by Crippen LogP contribution is 2.32. The molecule has 2 N–H and O–H groups in total. The van der Waals surface area contributed by atoms with Crippen molar-refractivity contribution in [3.05, 3.63) is 29.8 Å². The number of unbranched alkanes of at least 4 members (excludes halogenated alkanes) is 1. The molecule has 1 heterocycles. The Balaban J connectivity index is 1.92. The van der Waals surface area contributed by atoms with E-state index in [0.717, 1.165) is 50.1 Å². The van der Waals surface area contributed by atoms with Crippen molar-refractivity contribution >= 4 is 17.5 Å². The number of amides is 2. The first-order valence-electron chi connectivity index (χ1n) is 8.35. The summed E-state index contributed by atoms with van der Waals surface area (Å²) in [5.74, 6) is 0.0592. The van der Waals surface area contributed by atoms with Crippen LogP contribution >= 0.6 is 0 Å². The molecule has 5 nitrogen and oxygen atoms in total. The number of hydrogen-bond donors (Lipinski definition) is 2. The molecule has 0 aromatic heterocycles. The Hall–Kier alpha value is -1.88. The van der Waals surface area contributed by atoms with Crippen LogP contribution in [0.15, 0.2) is 24.3 Å². The van der Waals surface area contributed by atoms with Crippen LogP contribution in [-0.2, 0) is 16.1 Å². The molecular weight excluding hydrogens is 290 g/mol. The van der Waals surface area contributed by atoms with Gasteiger partial charge in [-0.3, -0.25) is 14.5 Å². The summed E-state index contributed by atoms with van der Waals surface area (Å²) in [5.41, 5.74) is 1.54. The van der Waals surface area contributed by atoms with Gasteiger partial charge in [0, 0.05) is 32.2 Å². The molecule has 1 atom stereocenters. The van der Waals surface area contributed by atoms with Gasteiger partial charge in [0.25, 0.3) is 0 Å². The van der Waals surface area contributed by atoms with Gasteiger partial charge in [0.2, 0.25) is 11.8 Å². The molecule has 1 aliphatic heterocycles. The minimum absolute atomic E-state index is 0.0724. The smallest absolute Gasteiger partial charge is 0.240 e. The van der Waals surface area contributed by atoms with Crippen LogP contribution in [0.5, 0.6) is 0 Å². The lowest BCUT2D eigenvalue weighted by molar-refractivity contribution is -0.141. The van der Waals surface area contributed by atoms with Gasteiger partial charge in [-0.1, -0.05) is 25.5 Å². The highest BCUT2D eigenvalue weighted by molar-refractivity contribution is 5.88. The van der Waals surface area contributed by atoms with Crippen LogP contribution in [0.1, 0.15) is 45.6 Å². The second-order valence-corrected chi connectivity index (χ2v) is 6.43. The van der Waals surface area contributed by atoms with Crippen molar-refractivity contribution in [1.82, 2.24) is 10.2 Å². The monoisotopic (exact) mass is 317 g/mol. The van der Waals surface area contributed by atoms with E-state index in [4.69, 9.17) is 0 Å². The van der Waals surface area contributed by atoms with E-state index < -0.39 is 5.54 Å². The summed E-state index contributed by atoms with van der Waals surface area (Å²) in [5, 5.41) is 5.80. The molecule has 0 radical (unpaired) electrons. The zero-order valence-electron chi connectivity index (χ0n) is 14.3. The average molecular weight is 317 g/mol. The van der Waals surface area contributed by atoms with E-state index in [2.05, 4.69) is 22.5 Å². The van der Waals surface area contributed by atoms with Crippen LogP contribution in [-0.4, -0.2) is 35.3 Å². The molecule has 23 heavy (non-hydrogen) atoms. The zero-order chi connectivity index (χ0) is 16.9. The third-order valence-corrected chi connectivity index (χ3v) is 4.52. The van der Waals surface area contributed by atoms with E-state index in [9.17, 15) is 9.59 Å². The quantitative estimate of drug-likeness (QED) is 0.760. The van der Waals surface area contributed by atoms with Gasteiger partial charge in [-0.25, -0.2) is 0 Å². The Morgan fingerprint density at radius 3 is 2.48 bits per heavy atom. The zero-order valence-corrected chi connectivity index (χ0v) is 14.3. The van der Waals surface area contributed by atoms with E-state index in [1.54, 1.807) is 0 Å². The molecule has 0 saturated carbocycles. The van der Waals surface area contributed by atoms with Crippen molar-refractivity contribution < 1.29 is 9.59 Å². The van der Waals surface area contributed by atoms with Crippen LogP contribution in [0.3, 0.4) is 0 Å². The summed E-state index contributed by atoms with van der Waals surface area (Å²) in [6.45, 7) is 8.07. The lowest BCUT2D eigenvalue weighted by Crippen LogP contribution is -2.65. The van der Waals surface area contributed by atoms with Gasteiger partial charge < -0.3 is 10.6 Å². The van der Waals surface area contributed by atoms with Gasteiger partial charge in [0.15, 0.2) is 0 Å². The van der Waals surface area contributed by atoms with Gasteiger partial charge >= 0.3 is 0 Å². The Labute approximate surface area is 138 Å². The third-order valence-electron chi connectivity index (χ3n) is 4.52.